The molecule has 2 heterocycles. The molecule has 3 heteroatoms. The maximum absolute atomic E-state index is 6.15. The topological polar surface area (TPSA) is 30.5 Å². The molecule has 1 N–H and O–H groups in total. The van der Waals surface area contributed by atoms with E-state index in [1.807, 2.05) is 0 Å². The van der Waals surface area contributed by atoms with Gasteiger partial charge in [-0.05, 0) is 38.6 Å². The van der Waals surface area contributed by atoms with Crippen molar-refractivity contribution in [2.24, 2.45) is 0 Å². The summed E-state index contributed by atoms with van der Waals surface area (Å²) < 4.78 is 12.3. The van der Waals surface area contributed by atoms with Crippen molar-refractivity contribution in [2.45, 2.75) is 75.5 Å². The predicted molar refractivity (Wildman–Crippen MR) is 71.8 cm³/mol. The SMILES string of the molecule is C1CCC2(CC1)CC(OCC1CCCN1)CCO2. The first-order chi connectivity index (χ1) is 8.86. The summed E-state index contributed by atoms with van der Waals surface area (Å²) in [6.45, 7) is 2.98. The fraction of sp³-hybridized carbons (Fsp3) is 1.00. The van der Waals surface area contributed by atoms with Crippen LogP contribution < -0.4 is 5.32 Å². The van der Waals surface area contributed by atoms with Gasteiger partial charge in [-0.15, -0.1) is 0 Å². The van der Waals surface area contributed by atoms with Crippen molar-refractivity contribution < 1.29 is 9.47 Å². The van der Waals surface area contributed by atoms with Crippen molar-refractivity contribution in [3.63, 3.8) is 0 Å². The lowest BCUT2D eigenvalue weighted by Crippen LogP contribution is -2.45. The van der Waals surface area contributed by atoms with Crippen LogP contribution in [0.3, 0.4) is 0 Å². The Labute approximate surface area is 111 Å². The molecule has 18 heavy (non-hydrogen) atoms. The summed E-state index contributed by atoms with van der Waals surface area (Å²) in [5.74, 6) is 0. The summed E-state index contributed by atoms with van der Waals surface area (Å²) in [6, 6.07) is 0.607. The van der Waals surface area contributed by atoms with Crippen molar-refractivity contribution in [3.8, 4) is 0 Å². The molecule has 3 aliphatic rings. The lowest BCUT2D eigenvalue weighted by molar-refractivity contribution is -0.149. The van der Waals surface area contributed by atoms with Crippen LogP contribution in [0.5, 0.6) is 0 Å². The summed E-state index contributed by atoms with van der Waals surface area (Å²) in [6.07, 6.45) is 11.9. The van der Waals surface area contributed by atoms with E-state index in [1.165, 1.54) is 51.5 Å². The van der Waals surface area contributed by atoms with Gasteiger partial charge in [0.25, 0.3) is 0 Å². The van der Waals surface area contributed by atoms with Crippen molar-refractivity contribution in [3.05, 3.63) is 0 Å². The number of hydrogen-bond acceptors (Lipinski definition) is 3. The molecule has 0 bridgehead atoms. The average molecular weight is 253 g/mol. The Kier molecular flexibility index (Phi) is 4.22. The smallest absolute Gasteiger partial charge is 0.0707 e. The summed E-state index contributed by atoms with van der Waals surface area (Å²) in [7, 11) is 0. The van der Waals surface area contributed by atoms with Gasteiger partial charge in [-0.25, -0.2) is 0 Å². The monoisotopic (exact) mass is 253 g/mol. The zero-order valence-corrected chi connectivity index (χ0v) is 11.5. The number of nitrogens with one attached hydrogen (secondary N) is 1. The van der Waals surface area contributed by atoms with E-state index in [-0.39, 0.29) is 5.60 Å². The third kappa shape index (κ3) is 3.06. The van der Waals surface area contributed by atoms with E-state index >= 15 is 0 Å². The Balaban J connectivity index is 1.47. The molecule has 0 radical (unpaired) electrons. The minimum Gasteiger partial charge on any atom is -0.376 e. The van der Waals surface area contributed by atoms with Gasteiger partial charge in [0.15, 0.2) is 0 Å². The molecule has 2 aliphatic heterocycles. The number of ether oxygens (including phenoxy) is 2. The van der Waals surface area contributed by atoms with E-state index in [9.17, 15) is 0 Å². The number of rotatable bonds is 3. The summed E-state index contributed by atoms with van der Waals surface area (Å²) >= 11 is 0. The highest BCUT2D eigenvalue weighted by Crippen LogP contribution is 2.39. The molecular weight excluding hydrogens is 226 g/mol. The fourth-order valence-corrected chi connectivity index (χ4v) is 3.82. The molecule has 3 nitrogen and oxygen atoms in total. The van der Waals surface area contributed by atoms with Crippen molar-refractivity contribution >= 4 is 0 Å². The molecule has 2 unspecified atom stereocenters. The highest BCUT2D eigenvalue weighted by molar-refractivity contribution is 4.90. The molecule has 1 saturated carbocycles. The Morgan fingerprint density at radius 2 is 2.00 bits per heavy atom. The molecule has 2 saturated heterocycles. The molecule has 3 fully saturated rings. The zero-order chi connectivity index (χ0) is 12.3. The first-order valence-electron chi connectivity index (χ1n) is 7.85. The van der Waals surface area contributed by atoms with Gasteiger partial charge in [0.05, 0.1) is 18.3 Å². The Morgan fingerprint density at radius 1 is 1.11 bits per heavy atom. The van der Waals surface area contributed by atoms with Gasteiger partial charge in [0.2, 0.25) is 0 Å². The van der Waals surface area contributed by atoms with Gasteiger partial charge < -0.3 is 14.8 Å². The van der Waals surface area contributed by atoms with E-state index in [2.05, 4.69) is 5.32 Å². The Hall–Kier alpha value is -0.120. The maximum atomic E-state index is 6.15. The third-order valence-electron chi connectivity index (χ3n) is 4.91. The van der Waals surface area contributed by atoms with Crippen LogP contribution in [-0.4, -0.2) is 37.5 Å². The molecule has 0 aromatic carbocycles. The maximum Gasteiger partial charge on any atom is 0.0707 e. The normalized spacial score (nSPS) is 36.0. The second-order valence-electron chi connectivity index (χ2n) is 6.33. The first-order valence-corrected chi connectivity index (χ1v) is 7.85. The second kappa shape index (κ2) is 5.89. The quantitative estimate of drug-likeness (QED) is 0.838. The van der Waals surface area contributed by atoms with Gasteiger partial charge in [-0.3, -0.25) is 0 Å². The van der Waals surface area contributed by atoms with E-state index in [0.717, 1.165) is 26.1 Å². The largest absolute Gasteiger partial charge is 0.376 e. The third-order valence-corrected chi connectivity index (χ3v) is 4.91. The first kappa shape index (κ1) is 12.9. The van der Waals surface area contributed by atoms with Crippen LogP contribution in [0.1, 0.15) is 57.8 Å². The van der Waals surface area contributed by atoms with Crippen LogP contribution in [0, 0.1) is 0 Å². The molecular formula is C15H27NO2. The Morgan fingerprint density at radius 3 is 2.78 bits per heavy atom. The highest BCUT2D eigenvalue weighted by Gasteiger charge is 2.39. The molecule has 0 aromatic rings. The van der Waals surface area contributed by atoms with Gasteiger partial charge >= 0.3 is 0 Å². The van der Waals surface area contributed by atoms with Gasteiger partial charge in [-0.1, -0.05) is 19.3 Å². The van der Waals surface area contributed by atoms with E-state index < -0.39 is 0 Å². The van der Waals surface area contributed by atoms with Crippen LogP contribution >= 0.6 is 0 Å². The standard InChI is InChI=1S/C15H27NO2/c1-2-7-15(8-3-1)11-14(6-10-18-15)17-12-13-5-4-9-16-13/h13-14,16H,1-12H2. The van der Waals surface area contributed by atoms with Gasteiger partial charge in [0, 0.05) is 19.1 Å². The van der Waals surface area contributed by atoms with Crippen molar-refractivity contribution in [1.82, 2.24) is 5.32 Å². The molecule has 1 spiro atoms. The van der Waals surface area contributed by atoms with Gasteiger partial charge in [0.1, 0.15) is 0 Å². The molecule has 0 aromatic heterocycles. The minimum absolute atomic E-state index is 0.185. The van der Waals surface area contributed by atoms with Gasteiger partial charge in [-0.2, -0.15) is 0 Å². The van der Waals surface area contributed by atoms with Crippen LogP contribution in [0.2, 0.25) is 0 Å². The fourth-order valence-electron chi connectivity index (χ4n) is 3.82. The molecule has 3 rings (SSSR count). The average Bonchev–Trinajstić information content (AvgIpc) is 2.91. The number of hydrogen-bond donors (Lipinski definition) is 1. The molecule has 0 amide bonds. The zero-order valence-electron chi connectivity index (χ0n) is 11.5. The van der Waals surface area contributed by atoms with Crippen molar-refractivity contribution in [1.29, 1.82) is 0 Å². The van der Waals surface area contributed by atoms with Crippen LogP contribution in [-0.2, 0) is 9.47 Å². The van der Waals surface area contributed by atoms with Crippen LogP contribution in [0.4, 0.5) is 0 Å². The van der Waals surface area contributed by atoms with E-state index in [0.29, 0.717) is 12.1 Å². The Bertz CT molecular complexity index is 252. The summed E-state index contributed by atoms with van der Waals surface area (Å²) in [4.78, 5) is 0. The second-order valence-corrected chi connectivity index (χ2v) is 6.33. The predicted octanol–water partition coefficient (Wildman–Crippen LogP) is 2.64. The van der Waals surface area contributed by atoms with Crippen molar-refractivity contribution in [2.75, 3.05) is 19.8 Å². The highest BCUT2D eigenvalue weighted by atomic mass is 16.5. The lowest BCUT2D eigenvalue weighted by Gasteiger charge is -2.43. The lowest BCUT2D eigenvalue weighted by atomic mass is 9.79. The van der Waals surface area contributed by atoms with E-state index in [1.54, 1.807) is 0 Å². The molecule has 104 valence electrons. The van der Waals surface area contributed by atoms with Crippen LogP contribution in [0.25, 0.3) is 0 Å². The minimum atomic E-state index is 0.185. The molecule has 1 aliphatic carbocycles. The summed E-state index contributed by atoms with van der Waals surface area (Å²) in [5.41, 5.74) is 0.185. The van der Waals surface area contributed by atoms with Crippen LogP contribution in [0.15, 0.2) is 0 Å². The van der Waals surface area contributed by atoms with E-state index in [4.69, 9.17) is 9.47 Å². The summed E-state index contributed by atoms with van der Waals surface area (Å²) in [5, 5.41) is 3.51. The molecule has 2 atom stereocenters.